The van der Waals surface area contributed by atoms with E-state index in [4.69, 9.17) is 0 Å². The lowest BCUT2D eigenvalue weighted by Gasteiger charge is -2.33. The van der Waals surface area contributed by atoms with E-state index < -0.39 is 0 Å². The molecule has 6 rings (SSSR count). The van der Waals surface area contributed by atoms with Crippen LogP contribution in [-0.2, 0) is 10.8 Å². The summed E-state index contributed by atoms with van der Waals surface area (Å²) in [4.78, 5) is 11.9. The van der Waals surface area contributed by atoms with Crippen molar-refractivity contribution in [3.8, 4) is 34.1 Å². The average molecular weight is 607 g/mol. The number of benzene rings is 4. The minimum absolute atomic E-state index is 0.0646. The van der Waals surface area contributed by atoms with Gasteiger partial charge >= 0.3 is 0 Å². The van der Waals surface area contributed by atoms with Crippen LogP contribution in [0.4, 0.5) is 0 Å². The molecule has 1 heteroatoms. The quantitative estimate of drug-likeness (QED) is 0.109. The van der Waals surface area contributed by atoms with E-state index in [-0.39, 0.29) is 10.8 Å². The largest absolute Gasteiger partial charge is 0.298 e. The number of hydrogen-bond donors (Lipinski definition) is 0. The highest BCUT2D eigenvalue weighted by Crippen LogP contribution is 2.55. The molecule has 0 N–H and O–H groups in total. The van der Waals surface area contributed by atoms with Crippen LogP contribution in [0.1, 0.15) is 148 Å². The van der Waals surface area contributed by atoms with Crippen LogP contribution in [-0.4, -0.2) is 6.29 Å². The molecule has 46 heavy (non-hydrogen) atoms. The van der Waals surface area contributed by atoms with Gasteiger partial charge in [-0.05, 0) is 101 Å². The SMILES string of the molecule is CCCCC1(CCCC)c2ccccc2-c2ccc(C#Cc3ccc4c(c3)C(CCCC)(CCCC)c3cc(C=O)ccc3-4)cc21. The third-order valence-electron chi connectivity index (χ3n) is 11.0. The Bertz CT molecular complexity index is 1760. The molecule has 0 aliphatic heterocycles. The molecule has 236 valence electrons. The molecule has 4 aromatic carbocycles. The standard InChI is InChI=1S/C45H50O/c1-5-9-25-44(26-10-6-2)40-16-14-13-15-36(40)37-22-19-33(29-41(37)44)17-18-34-20-23-38-39-24-21-35(32-46)31-43(39)45(27-11-7-3,28-12-8-4)42(38)30-34/h13-16,19-24,29-32H,5-12,25-28H2,1-4H3. The maximum Gasteiger partial charge on any atom is 0.150 e. The van der Waals surface area contributed by atoms with E-state index >= 15 is 0 Å². The van der Waals surface area contributed by atoms with Crippen LogP contribution in [0.3, 0.4) is 0 Å². The molecule has 2 aliphatic carbocycles. The first-order valence-electron chi connectivity index (χ1n) is 18.1. The van der Waals surface area contributed by atoms with Gasteiger partial charge in [0.15, 0.2) is 0 Å². The van der Waals surface area contributed by atoms with E-state index in [1.54, 1.807) is 0 Å². The first kappa shape index (κ1) is 32.1. The number of fused-ring (bicyclic) bond motifs is 6. The van der Waals surface area contributed by atoms with Crippen molar-refractivity contribution in [3.63, 3.8) is 0 Å². The molecule has 4 aromatic rings. The first-order valence-corrected chi connectivity index (χ1v) is 18.1. The van der Waals surface area contributed by atoms with Crippen molar-refractivity contribution in [2.75, 3.05) is 0 Å². The van der Waals surface area contributed by atoms with Gasteiger partial charge in [-0.3, -0.25) is 4.79 Å². The zero-order valence-electron chi connectivity index (χ0n) is 28.5. The summed E-state index contributed by atoms with van der Waals surface area (Å²) in [7, 11) is 0. The van der Waals surface area contributed by atoms with Crippen LogP contribution >= 0.6 is 0 Å². The van der Waals surface area contributed by atoms with Crippen LogP contribution in [0, 0.1) is 11.8 Å². The predicted octanol–water partition coefficient (Wildman–Crippen LogP) is 12.2. The third kappa shape index (κ3) is 5.55. The topological polar surface area (TPSA) is 17.1 Å². The van der Waals surface area contributed by atoms with Crippen molar-refractivity contribution in [3.05, 3.63) is 118 Å². The maximum atomic E-state index is 11.9. The van der Waals surface area contributed by atoms with Gasteiger partial charge in [0.1, 0.15) is 6.29 Å². The molecular weight excluding hydrogens is 556 g/mol. The monoisotopic (exact) mass is 606 g/mol. The van der Waals surface area contributed by atoms with E-state index in [9.17, 15) is 4.79 Å². The van der Waals surface area contributed by atoms with Crippen LogP contribution in [0.25, 0.3) is 22.3 Å². The molecule has 0 heterocycles. The average Bonchev–Trinajstić information content (AvgIpc) is 3.53. The third-order valence-corrected chi connectivity index (χ3v) is 11.0. The number of unbranched alkanes of at least 4 members (excludes halogenated alkanes) is 4. The smallest absolute Gasteiger partial charge is 0.150 e. The van der Waals surface area contributed by atoms with Gasteiger partial charge in [-0.1, -0.05) is 139 Å². The fraction of sp³-hybridized carbons (Fsp3) is 0.400. The molecule has 0 spiro atoms. The Morgan fingerprint density at radius 1 is 0.500 bits per heavy atom. The van der Waals surface area contributed by atoms with Gasteiger partial charge < -0.3 is 0 Å². The molecule has 0 amide bonds. The van der Waals surface area contributed by atoms with E-state index in [1.165, 1.54) is 95.9 Å². The summed E-state index contributed by atoms with van der Waals surface area (Å²) in [5.74, 6) is 7.23. The predicted molar refractivity (Wildman–Crippen MR) is 195 cm³/mol. The molecule has 0 bridgehead atoms. The highest BCUT2D eigenvalue weighted by Gasteiger charge is 2.43. The van der Waals surface area contributed by atoms with Crippen molar-refractivity contribution in [2.24, 2.45) is 0 Å². The van der Waals surface area contributed by atoms with Crippen LogP contribution in [0.15, 0.2) is 78.9 Å². The Hall–Kier alpha value is -3.89. The van der Waals surface area contributed by atoms with Crippen molar-refractivity contribution in [1.82, 2.24) is 0 Å². The van der Waals surface area contributed by atoms with Crippen molar-refractivity contribution in [2.45, 2.75) is 116 Å². The summed E-state index contributed by atoms with van der Waals surface area (Å²) in [6.45, 7) is 9.18. The second-order valence-corrected chi connectivity index (χ2v) is 13.8. The van der Waals surface area contributed by atoms with Gasteiger partial charge in [0.05, 0.1) is 0 Å². The lowest BCUT2D eigenvalue weighted by atomic mass is 9.70. The zero-order chi connectivity index (χ0) is 32.1. The summed E-state index contributed by atoms with van der Waals surface area (Å²) < 4.78 is 0. The normalized spacial score (nSPS) is 14.5. The van der Waals surface area contributed by atoms with Gasteiger partial charge in [-0.2, -0.15) is 0 Å². The number of rotatable bonds is 13. The Balaban J connectivity index is 1.42. The number of carbonyl (C=O) groups is 1. The summed E-state index contributed by atoms with van der Waals surface area (Å²) in [6.07, 6.45) is 15.1. The summed E-state index contributed by atoms with van der Waals surface area (Å²) in [5, 5.41) is 0. The highest BCUT2D eigenvalue weighted by molar-refractivity contribution is 5.86. The molecule has 2 aliphatic rings. The second-order valence-electron chi connectivity index (χ2n) is 13.8. The van der Waals surface area contributed by atoms with Crippen molar-refractivity contribution < 1.29 is 4.79 Å². The number of hydrogen-bond acceptors (Lipinski definition) is 1. The summed E-state index contributed by atoms with van der Waals surface area (Å²) in [5.41, 5.74) is 14.1. The lowest BCUT2D eigenvalue weighted by Crippen LogP contribution is -2.25. The molecule has 0 saturated heterocycles. The van der Waals surface area contributed by atoms with Crippen LogP contribution < -0.4 is 0 Å². The first-order chi connectivity index (χ1) is 22.5. The van der Waals surface area contributed by atoms with E-state index in [1.807, 2.05) is 6.07 Å². The molecule has 0 unspecified atom stereocenters. The molecule has 0 atom stereocenters. The van der Waals surface area contributed by atoms with E-state index in [0.29, 0.717) is 0 Å². The fourth-order valence-corrected chi connectivity index (χ4v) is 8.58. The molecule has 1 nitrogen and oxygen atoms in total. The lowest BCUT2D eigenvalue weighted by molar-refractivity contribution is 0.112. The number of aldehydes is 1. The Kier molecular flexibility index (Phi) is 9.65. The molecular formula is C45H50O. The fourth-order valence-electron chi connectivity index (χ4n) is 8.58. The molecule has 0 radical (unpaired) electrons. The van der Waals surface area contributed by atoms with E-state index in [0.717, 1.165) is 48.7 Å². The summed E-state index contributed by atoms with van der Waals surface area (Å²) in [6, 6.07) is 29.3. The van der Waals surface area contributed by atoms with Gasteiger partial charge in [-0.25, -0.2) is 0 Å². The second kappa shape index (κ2) is 13.8. The summed E-state index contributed by atoms with van der Waals surface area (Å²) >= 11 is 0. The van der Waals surface area contributed by atoms with E-state index in [2.05, 4.69) is 112 Å². The van der Waals surface area contributed by atoms with Gasteiger partial charge in [-0.15, -0.1) is 0 Å². The maximum absolute atomic E-state index is 11.9. The molecule has 0 saturated carbocycles. The zero-order valence-corrected chi connectivity index (χ0v) is 28.5. The Morgan fingerprint density at radius 2 is 0.913 bits per heavy atom. The van der Waals surface area contributed by atoms with Crippen LogP contribution in [0.5, 0.6) is 0 Å². The van der Waals surface area contributed by atoms with Crippen LogP contribution in [0.2, 0.25) is 0 Å². The molecule has 0 aromatic heterocycles. The Morgan fingerprint density at radius 3 is 1.39 bits per heavy atom. The molecule has 0 fully saturated rings. The minimum Gasteiger partial charge on any atom is -0.298 e. The van der Waals surface area contributed by atoms with Crippen molar-refractivity contribution in [1.29, 1.82) is 0 Å². The Labute approximate surface area is 277 Å². The number of carbonyl (C=O) groups excluding carboxylic acids is 1. The van der Waals surface area contributed by atoms with Gasteiger partial charge in [0.25, 0.3) is 0 Å². The minimum atomic E-state index is -0.0646. The highest BCUT2D eigenvalue weighted by atomic mass is 16.1. The van der Waals surface area contributed by atoms with Gasteiger partial charge in [0, 0.05) is 27.5 Å². The van der Waals surface area contributed by atoms with Crippen molar-refractivity contribution >= 4 is 6.29 Å². The van der Waals surface area contributed by atoms with Gasteiger partial charge in [0.2, 0.25) is 0 Å².